The Morgan fingerprint density at radius 3 is 2.54 bits per heavy atom. The van der Waals surface area contributed by atoms with E-state index in [9.17, 15) is 14.0 Å². The Morgan fingerprint density at radius 2 is 1.85 bits per heavy atom. The smallest absolute Gasteiger partial charge is 0.300 e. The number of carbonyl (C=O) groups is 2. The van der Waals surface area contributed by atoms with Crippen LogP contribution in [0, 0.1) is 5.82 Å². The lowest BCUT2D eigenvalue weighted by atomic mass is 10.1. The molecule has 1 aliphatic rings. The first kappa shape index (κ1) is 17.9. The van der Waals surface area contributed by atoms with E-state index in [1.54, 1.807) is 27.3 Å². The lowest BCUT2D eigenvalue weighted by Gasteiger charge is -2.25. The van der Waals surface area contributed by atoms with Gasteiger partial charge in [-0.1, -0.05) is 6.07 Å². The fraction of sp³-hybridized carbons (Fsp3) is 0.263. The first-order valence-corrected chi connectivity index (χ1v) is 7.99. The molecule has 0 spiro atoms. The van der Waals surface area contributed by atoms with Crippen LogP contribution in [0.2, 0.25) is 0 Å². The quantitative estimate of drug-likeness (QED) is 0.743. The summed E-state index contributed by atoms with van der Waals surface area (Å²) in [4.78, 5) is 27.4. The van der Waals surface area contributed by atoms with Crippen LogP contribution in [0.15, 0.2) is 36.4 Å². The van der Waals surface area contributed by atoms with Gasteiger partial charge in [0.1, 0.15) is 17.3 Å². The summed E-state index contributed by atoms with van der Waals surface area (Å²) in [6.45, 7) is 0.617. The predicted octanol–water partition coefficient (Wildman–Crippen LogP) is 2.46. The van der Waals surface area contributed by atoms with E-state index >= 15 is 0 Å². The number of ketones is 1. The summed E-state index contributed by atoms with van der Waals surface area (Å²) in [5.41, 5.74) is 1.42. The zero-order chi connectivity index (χ0) is 18.8. The summed E-state index contributed by atoms with van der Waals surface area (Å²) in [5.74, 6) is -0.422. The standard InChI is InChI=1S/C19H19FN2O4/c1-21(10-12-4-6-14(25-2)9-17(12)26-3)11-22-16-8-13(20)5-7-15(16)18(23)19(22)24/h4-9H,10-11H2,1-3H3. The first-order chi connectivity index (χ1) is 12.4. The Bertz CT molecular complexity index is 869. The van der Waals surface area contributed by atoms with Crippen LogP contribution in [0.3, 0.4) is 0 Å². The molecule has 2 aromatic carbocycles. The molecule has 7 heteroatoms. The molecule has 1 amide bonds. The van der Waals surface area contributed by atoms with Crippen molar-refractivity contribution < 1.29 is 23.5 Å². The molecule has 3 rings (SSSR count). The fourth-order valence-electron chi connectivity index (χ4n) is 2.97. The van der Waals surface area contributed by atoms with E-state index < -0.39 is 17.5 Å². The van der Waals surface area contributed by atoms with Crippen LogP contribution in [0.25, 0.3) is 0 Å². The van der Waals surface area contributed by atoms with Crippen LogP contribution in [0.1, 0.15) is 15.9 Å². The van der Waals surface area contributed by atoms with E-state index in [1.165, 1.54) is 23.1 Å². The normalized spacial score (nSPS) is 13.3. The van der Waals surface area contributed by atoms with Gasteiger partial charge in [-0.25, -0.2) is 4.39 Å². The molecular weight excluding hydrogens is 339 g/mol. The molecule has 2 aromatic rings. The van der Waals surface area contributed by atoms with Crippen LogP contribution < -0.4 is 14.4 Å². The van der Waals surface area contributed by atoms with Gasteiger partial charge in [0.25, 0.3) is 5.78 Å². The Kier molecular flexibility index (Phi) is 4.90. The Labute approximate surface area is 150 Å². The summed E-state index contributed by atoms with van der Waals surface area (Å²) in [6, 6.07) is 9.20. The van der Waals surface area contributed by atoms with Crippen LogP contribution in [-0.2, 0) is 11.3 Å². The minimum Gasteiger partial charge on any atom is -0.497 e. The summed E-state index contributed by atoms with van der Waals surface area (Å²) >= 11 is 0. The molecule has 6 nitrogen and oxygen atoms in total. The molecule has 1 heterocycles. The topological polar surface area (TPSA) is 59.1 Å². The third-order valence-electron chi connectivity index (χ3n) is 4.25. The Balaban J connectivity index is 1.79. The van der Waals surface area contributed by atoms with Gasteiger partial charge in [0.05, 0.1) is 32.1 Å². The van der Waals surface area contributed by atoms with Gasteiger partial charge in [-0.3, -0.25) is 19.4 Å². The highest BCUT2D eigenvalue weighted by Crippen LogP contribution is 2.30. The SMILES string of the molecule is COc1ccc(CN(C)CN2C(=O)C(=O)c3ccc(F)cc32)c(OC)c1. The van der Waals surface area contributed by atoms with Gasteiger partial charge < -0.3 is 9.47 Å². The van der Waals surface area contributed by atoms with Crippen molar-refractivity contribution in [3.63, 3.8) is 0 Å². The number of rotatable bonds is 6. The number of hydrogen-bond donors (Lipinski definition) is 0. The highest BCUT2D eigenvalue weighted by molar-refractivity contribution is 6.52. The second-order valence-electron chi connectivity index (χ2n) is 6.06. The molecule has 1 aliphatic heterocycles. The summed E-state index contributed by atoms with van der Waals surface area (Å²) in [6.07, 6.45) is 0. The predicted molar refractivity (Wildman–Crippen MR) is 94.1 cm³/mol. The Hall–Kier alpha value is -2.93. The number of anilines is 1. The van der Waals surface area contributed by atoms with E-state index in [-0.39, 0.29) is 12.2 Å². The summed E-state index contributed by atoms with van der Waals surface area (Å²) < 4.78 is 24.1. The van der Waals surface area contributed by atoms with E-state index in [4.69, 9.17) is 9.47 Å². The van der Waals surface area contributed by atoms with Gasteiger partial charge >= 0.3 is 5.91 Å². The molecule has 0 N–H and O–H groups in total. The van der Waals surface area contributed by atoms with Crippen molar-refractivity contribution >= 4 is 17.4 Å². The van der Waals surface area contributed by atoms with Gasteiger partial charge in [0.2, 0.25) is 0 Å². The molecule has 0 bridgehead atoms. The van der Waals surface area contributed by atoms with Crippen molar-refractivity contribution in [2.75, 3.05) is 32.8 Å². The molecule has 0 fully saturated rings. The Morgan fingerprint density at radius 1 is 1.08 bits per heavy atom. The molecule has 0 unspecified atom stereocenters. The number of ether oxygens (including phenoxy) is 2. The second-order valence-corrected chi connectivity index (χ2v) is 6.06. The van der Waals surface area contributed by atoms with Crippen molar-refractivity contribution in [2.24, 2.45) is 0 Å². The third-order valence-corrected chi connectivity index (χ3v) is 4.25. The van der Waals surface area contributed by atoms with Crippen LogP contribution in [0.4, 0.5) is 10.1 Å². The summed E-state index contributed by atoms with van der Waals surface area (Å²) in [7, 11) is 4.95. The largest absolute Gasteiger partial charge is 0.497 e. The average molecular weight is 358 g/mol. The number of amides is 1. The van der Waals surface area contributed by atoms with E-state index in [2.05, 4.69) is 0 Å². The second kappa shape index (κ2) is 7.13. The van der Waals surface area contributed by atoms with Crippen molar-refractivity contribution in [1.82, 2.24) is 4.90 Å². The maximum Gasteiger partial charge on any atom is 0.300 e. The zero-order valence-electron chi connectivity index (χ0n) is 14.8. The third kappa shape index (κ3) is 3.25. The number of halogens is 1. The number of carbonyl (C=O) groups excluding carboxylic acids is 2. The molecule has 0 saturated heterocycles. The molecule has 136 valence electrons. The van der Waals surface area contributed by atoms with Gasteiger partial charge in [-0.15, -0.1) is 0 Å². The van der Waals surface area contributed by atoms with Crippen molar-refractivity contribution in [1.29, 1.82) is 0 Å². The van der Waals surface area contributed by atoms with Crippen LogP contribution in [0.5, 0.6) is 11.5 Å². The van der Waals surface area contributed by atoms with E-state index in [1.807, 2.05) is 17.0 Å². The van der Waals surface area contributed by atoms with Crippen LogP contribution in [-0.4, -0.2) is 44.5 Å². The average Bonchev–Trinajstić information content (AvgIpc) is 2.86. The molecule has 26 heavy (non-hydrogen) atoms. The van der Waals surface area contributed by atoms with Gasteiger partial charge in [-0.2, -0.15) is 0 Å². The number of benzene rings is 2. The van der Waals surface area contributed by atoms with E-state index in [0.717, 1.165) is 5.56 Å². The lowest BCUT2D eigenvalue weighted by Crippen LogP contribution is -2.39. The number of fused-ring (bicyclic) bond motifs is 1. The highest BCUT2D eigenvalue weighted by Gasteiger charge is 2.36. The maximum absolute atomic E-state index is 13.6. The minimum atomic E-state index is -0.654. The number of Topliss-reactive ketones (excluding diaryl/α,β-unsaturated/α-hetero) is 1. The summed E-state index contributed by atoms with van der Waals surface area (Å²) in [5, 5.41) is 0. The molecule has 0 radical (unpaired) electrons. The molecule has 0 saturated carbocycles. The monoisotopic (exact) mass is 358 g/mol. The zero-order valence-corrected chi connectivity index (χ0v) is 14.8. The minimum absolute atomic E-state index is 0.149. The first-order valence-electron chi connectivity index (χ1n) is 7.99. The molecule has 0 atom stereocenters. The highest BCUT2D eigenvalue weighted by atomic mass is 19.1. The van der Waals surface area contributed by atoms with Gasteiger partial charge in [0.15, 0.2) is 0 Å². The fourth-order valence-corrected chi connectivity index (χ4v) is 2.97. The number of nitrogens with zero attached hydrogens (tertiary/aromatic N) is 2. The number of hydrogen-bond acceptors (Lipinski definition) is 5. The molecule has 0 aliphatic carbocycles. The van der Waals surface area contributed by atoms with Crippen LogP contribution >= 0.6 is 0 Å². The number of methoxy groups -OCH3 is 2. The maximum atomic E-state index is 13.6. The van der Waals surface area contributed by atoms with Crippen molar-refractivity contribution in [3.8, 4) is 11.5 Å². The van der Waals surface area contributed by atoms with Crippen molar-refractivity contribution in [3.05, 3.63) is 53.3 Å². The molecule has 0 aromatic heterocycles. The molecular formula is C19H19FN2O4. The van der Waals surface area contributed by atoms with Gasteiger partial charge in [0, 0.05) is 18.2 Å². The van der Waals surface area contributed by atoms with E-state index in [0.29, 0.717) is 23.7 Å². The lowest BCUT2D eigenvalue weighted by molar-refractivity contribution is -0.114. The van der Waals surface area contributed by atoms with Crippen molar-refractivity contribution in [2.45, 2.75) is 6.54 Å². The van der Waals surface area contributed by atoms with Gasteiger partial charge in [-0.05, 0) is 31.3 Å².